The smallest absolute Gasteiger partial charge is 0.245 e. The third-order valence-electron chi connectivity index (χ3n) is 2.37. The van der Waals surface area contributed by atoms with Crippen LogP contribution in [0.3, 0.4) is 0 Å². The van der Waals surface area contributed by atoms with Crippen LogP contribution in [0.5, 0.6) is 0 Å². The number of amides is 1. The van der Waals surface area contributed by atoms with Gasteiger partial charge in [0.2, 0.25) is 5.91 Å². The van der Waals surface area contributed by atoms with E-state index in [1.807, 2.05) is 13.8 Å². The first-order valence-corrected chi connectivity index (χ1v) is 5.37. The lowest BCUT2D eigenvalue weighted by atomic mass is 10.3. The van der Waals surface area contributed by atoms with E-state index in [1.165, 1.54) is 11.3 Å². The third kappa shape index (κ3) is 2.48. The van der Waals surface area contributed by atoms with Crippen LogP contribution >= 0.6 is 23.7 Å². The highest BCUT2D eigenvalue weighted by Gasteiger charge is 2.46. The minimum absolute atomic E-state index is 0. The van der Waals surface area contributed by atoms with Crippen molar-refractivity contribution in [2.24, 2.45) is 5.73 Å². The van der Waals surface area contributed by atoms with Crippen LogP contribution in [0.1, 0.15) is 23.5 Å². The number of nitrogens with zero attached hydrogens (tertiary/aromatic N) is 1. The molecule has 1 amide bonds. The molecule has 2 rings (SSSR count). The number of hydrogen-bond donors (Lipinski definition) is 2. The number of thiazole rings is 1. The summed E-state index contributed by atoms with van der Waals surface area (Å²) in [6.45, 7) is 3.80. The summed E-state index contributed by atoms with van der Waals surface area (Å²) in [6, 6.07) is 0. The zero-order chi connectivity index (χ0) is 10.3. The van der Waals surface area contributed by atoms with Crippen molar-refractivity contribution < 1.29 is 4.79 Å². The standard InChI is InChI=1S/C9H13N3OS.ClH/c1-5-7(14-6(2)11-5)12-8(13)9(10)3-4-9;/h3-4,10H2,1-2H3,(H,12,13);1H. The maximum atomic E-state index is 11.6. The van der Waals surface area contributed by atoms with E-state index in [2.05, 4.69) is 10.3 Å². The highest BCUT2D eigenvalue weighted by molar-refractivity contribution is 7.16. The minimum Gasteiger partial charge on any atom is -0.317 e. The maximum Gasteiger partial charge on any atom is 0.245 e. The van der Waals surface area contributed by atoms with Crippen LogP contribution in [0, 0.1) is 13.8 Å². The maximum absolute atomic E-state index is 11.6. The Bertz CT molecular complexity index is 387. The normalized spacial score (nSPS) is 16.7. The summed E-state index contributed by atoms with van der Waals surface area (Å²) in [4.78, 5) is 15.8. The quantitative estimate of drug-likeness (QED) is 0.834. The van der Waals surface area contributed by atoms with Gasteiger partial charge in [-0.15, -0.1) is 23.7 Å². The fraction of sp³-hybridized carbons (Fsp3) is 0.556. The predicted molar refractivity (Wildman–Crippen MR) is 63.6 cm³/mol. The number of aryl methyl sites for hydroxylation is 2. The molecule has 3 N–H and O–H groups in total. The molecule has 1 heterocycles. The number of anilines is 1. The summed E-state index contributed by atoms with van der Waals surface area (Å²) in [5.74, 6) is -0.0794. The van der Waals surface area contributed by atoms with E-state index in [0.717, 1.165) is 28.5 Å². The molecule has 6 heteroatoms. The second kappa shape index (κ2) is 4.08. The number of carbonyl (C=O) groups excluding carboxylic acids is 1. The van der Waals surface area contributed by atoms with Gasteiger partial charge < -0.3 is 11.1 Å². The molecular formula is C9H14ClN3OS. The first-order chi connectivity index (χ1) is 6.51. The van der Waals surface area contributed by atoms with Crippen molar-refractivity contribution in [3.05, 3.63) is 10.7 Å². The Morgan fingerprint density at radius 2 is 2.13 bits per heavy atom. The molecule has 0 bridgehead atoms. The van der Waals surface area contributed by atoms with Gasteiger partial charge in [-0.2, -0.15) is 0 Å². The number of halogens is 1. The van der Waals surface area contributed by atoms with Crippen LogP contribution in [0.4, 0.5) is 5.00 Å². The number of hydrogen-bond acceptors (Lipinski definition) is 4. The average molecular weight is 248 g/mol. The molecule has 0 unspecified atom stereocenters. The lowest BCUT2D eigenvalue weighted by molar-refractivity contribution is -0.118. The monoisotopic (exact) mass is 247 g/mol. The van der Waals surface area contributed by atoms with Crippen LogP contribution in [0.25, 0.3) is 0 Å². The molecule has 1 aromatic heterocycles. The Balaban J connectivity index is 0.00000112. The molecule has 0 radical (unpaired) electrons. The van der Waals surface area contributed by atoms with Gasteiger partial charge in [-0.3, -0.25) is 4.79 Å². The molecule has 0 spiro atoms. The van der Waals surface area contributed by atoms with Gasteiger partial charge in [0.1, 0.15) is 5.00 Å². The Morgan fingerprint density at radius 1 is 1.53 bits per heavy atom. The number of nitrogens with one attached hydrogen (secondary N) is 1. The van der Waals surface area contributed by atoms with Crippen LogP contribution in [-0.2, 0) is 4.79 Å². The van der Waals surface area contributed by atoms with Gasteiger partial charge in [0.05, 0.1) is 16.2 Å². The van der Waals surface area contributed by atoms with Gasteiger partial charge in [0.15, 0.2) is 0 Å². The Morgan fingerprint density at radius 3 is 2.53 bits per heavy atom. The highest BCUT2D eigenvalue weighted by Crippen LogP contribution is 2.34. The first-order valence-electron chi connectivity index (χ1n) is 4.56. The van der Waals surface area contributed by atoms with Crippen molar-refractivity contribution in [3.63, 3.8) is 0 Å². The molecule has 1 aliphatic carbocycles. The number of rotatable bonds is 2. The number of nitrogens with two attached hydrogens (primary N) is 1. The molecule has 84 valence electrons. The summed E-state index contributed by atoms with van der Waals surface area (Å²) in [5, 5.41) is 4.61. The minimum atomic E-state index is -0.607. The van der Waals surface area contributed by atoms with Crippen molar-refractivity contribution >= 4 is 34.7 Å². The first kappa shape index (κ1) is 12.4. The molecular weight excluding hydrogens is 234 g/mol. The molecule has 0 aliphatic heterocycles. The Kier molecular flexibility index (Phi) is 3.38. The van der Waals surface area contributed by atoms with Crippen molar-refractivity contribution in [1.82, 2.24) is 4.98 Å². The second-order valence-electron chi connectivity index (χ2n) is 3.76. The van der Waals surface area contributed by atoms with Crippen LogP contribution in [-0.4, -0.2) is 16.4 Å². The third-order valence-corrected chi connectivity index (χ3v) is 3.36. The van der Waals surface area contributed by atoms with E-state index in [4.69, 9.17) is 5.73 Å². The van der Waals surface area contributed by atoms with Gasteiger partial charge in [-0.05, 0) is 26.7 Å². The van der Waals surface area contributed by atoms with Crippen molar-refractivity contribution in [3.8, 4) is 0 Å². The molecule has 0 aromatic carbocycles. The molecule has 0 saturated heterocycles. The SMILES string of the molecule is Cc1nc(C)c(NC(=O)C2(N)CC2)s1.Cl. The number of aromatic nitrogens is 1. The molecule has 1 fully saturated rings. The summed E-state index contributed by atoms with van der Waals surface area (Å²) < 4.78 is 0. The predicted octanol–water partition coefficient (Wildman–Crippen LogP) is 1.61. The van der Waals surface area contributed by atoms with Gasteiger partial charge >= 0.3 is 0 Å². The van der Waals surface area contributed by atoms with E-state index < -0.39 is 5.54 Å². The summed E-state index contributed by atoms with van der Waals surface area (Å²) in [7, 11) is 0. The fourth-order valence-corrected chi connectivity index (χ4v) is 2.05. The van der Waals surface area contributed by atoms with E-state index in [9.17, 15) is 4.79 Å². The molecule has 0 atom stereocenters. The van der Waals surface area contributed by atoms with E-state index >= 15 is 0 Å². The topological polar surface area (TPSA) is 68.0 Å². The van der Waals surface area contributed by atoms with E-state index in [0.29, 0.717) is 0 Å². The zero-order valence-electron chi connectivity index (χ0n) is 8.66. The van der Waals surface area contributed by atoms with Crippen molar-refractivity contribution in [2.45, 2.75) is 32.2 Å². The molecule has 1 saturated carbocycles. The lowest BCUT2D eigenvalue weighted by Gasteiger charge is -2.08. The average Bonchev–Trinajstić information content (AvgIpc) is 2.76. The Hall–Kier alpha value is -0.650. The highest BCUT2D eigenvalue weighted by atomic mass is 35.5. The molecule has 15 heavy (non-hydrogen) atoms. The van der Waals surface area contributed by atoms with Gasteiger partial charge in [-0.25, -0.2) is 4.98 Å². The van der Waals surface area contributed by atoms with Crippen LogP contribution in [0.15, 0.2) is 0 Å². The fourth-order valence-electron chi connectivity index (χ4n) is 1.24. The second-order valence-corrected chi connectivity index (χ2v) is 4.96. The van der Waals surface area contributed by atoms with E-state index in [-0.39, 0.29) is 18.3 Å². The largest absolute Gasteiger partial charge is 0.317 e. The van der Waals surface area contributed by atoms with Crippen LogP contribution < -0.4 is 11.1 Å². The van der Waals surface area contributed by atoms with Gasteiger partial charge in [-0.1, -0.05) is 0 Å². The zero-order valence-corrected chi connectivity index (χ0v) is 10.3. The van der Waals surface area contributed by atoms with Gasteiger partial charge in [0.25, 0.3) is 0 Å². The van der Waals surface area contributed by atoms with Crippen LogP contribution in [0.2, 0.25) is 0 Å². The Labute approximate surface area is 98.7 Å². The lowest BCUT2D eigenvalue weighted by Crippen LogP contribution is -2.37. The van der Waals surface area contributed by atoms with Gasteiger partial charge in [0, 0.05) is 0 Å². The number of carbonyl (C=O) groups is 1. The van der Waals surface area contributed by atoms with Crippen molar-refractivity contribution in [1.29, 1.82) is 0 Å². The summed E-state index contributed by atoms with van der Waals surface area (Å²) in [6.07, 6.45) is 1.57. The van der Waals surface area contributed by atoms with E-state index in [1.54, 1.807) is 0 Å². The molecule has 1 aliphatic rings. The van der Waals surface area contributed by atoms with Crippen molar-refractivity contribution in [2.75, 3.05) is 5.32 Å². The summed E-state index contributed by atoms with van der Waals surface area (Å²) in [5.41, 5.74) is 6.03. The molecule has 1 aromatic rings. The summed E-state index contributed by atoms with van der Waals surface area (Å²) >= 11 is 1.49. The molecule has 4 nitrogen and oxygen atoms in total.